The summed E-state index contributed by atoms with van der Waals surface area (Å²) in [5.74, 6) is -8.39. The van der Waals surface area contributed by atoms with Crippen molar-refractivity contribution >= 4 is 71.1 Å². The van der Waals surface area contributed by atoms with Gasteiger partial charge in [0.25, 0.3) is 17.9 Å². The van der Waals surface area contributed by atoms with Gasteiger partial charge in [-0.15, -0.1) is 0 Å². The number of hydrogen-bond donors (Lipinski definition) is 1. The summed E-state index contributed by atoms with van der Waals surface area (Å²) in [6.45, 7) is -1.18. The molecule has 1 N–H and O–H groups in total. The molecule has 22 heteroatoms. The highest BCUT2D eigenvalue weighted by molar-refractivity contribution is 9.10. The molecule has 13 nitrogen and oxygen atoms in total. The van der Waals surface area contributed by atoms with E-state index in [1.807, 2.05) is 0 Å². The Morgan fingerprint density at radius 2 is 1.74 bits per heavy atom. The molecule has 7 aromatic rings. The molecule has 0 unspecified atom stereocenters. The van der Waals surface area contributed by atoms with Gasteiger partial charge < -0.3 is 10.1 Å². The Bertz CT molecular complexity index is 3250. The molecule has 0 aliphatic heterocycles. The van der Waals surface area contributed by atoms with Crippen molar-refractivity contribution in [2.24, 2.45) is 13.0 Å². The fraction of sp³-hybridized carbons (Fsp3) is 0.279. The van der Waals surface area contributed by atoms with Crippen LogP contribution in [0.4, 0.5) is 32.2 Å². The molecule has 338 valence electrons. The first-order valence-corrected chi connectivity index (χ1v) is 22.8. The Hall–Kier alpha value is -5.93. The van der Waals surface area contributed by atoms with Crippen LogP contribution < -0.4 is 19.9 Å². The first-order chi connectivity index (χ1) is 30.8. The van der Waals surface area contributed by atoms with E-state index in [1.54, 1.807) is 36.4 Å². The summed E-state index contributed by atoms with van der Waals surface area (Å²) < 4.78 is 126. The third-order valence-corrected chi connectivity index (χ3v) is 13.7. The van der Waals surface area contributed by atoms with Crippen LogP contribution in [0.5, 0.6) is 5.75 Å². The second kappa shape index (κ2) is 16.2. The third-order valence-electron chi connectivity index (χ3n) is 11.6. The summed E-state index contributed by atoms with van der Waals surface area (Å²) in [4.78, 5) is 34.0. The Morgan fingerprint density at radius 3 is 2.40 bits per heavy atom. The zero-order chi connectivity index (χ0) is 46.4. The quantitative estimate of drug-likeness (QED) is 0.114. The zero-order valence-corrected chi connectivity index (χ0v) is 37.3. The van der Waals surface area contributed by atoms with Crippen LogP contribution in [0.25, 0.3) is 27.5 Å². The molecular formula is C43H34BrClF6N8O5S. The van der Waals surface area contributed by atoms with Crippen LogP contribution in [0.2, 0.25) is 5.02 Å². The maximum Gasteiger partial charge on any atom is 0.293 e. The van der Waals surface area contributed by atoms with Gasteiger partial charge >= 0.3 is 0 Å². The van der Waals surface area contributed by atoms with E-state index in [0.29, 0.717) is 26.5 Å². The summed E-state index contributed by atoms with van der Waals surface area (Å²) in [7, 11) is -1.12. The normalized spacial score (nSPS) is 16.8. The maximum atomic E-state index is 15.5. The summed E-state index contributed by atoms with van der Waals surface area (Å²) in [6.07, 6.45) is -2.68. The Balaban J connectivity index is 1.23. The van der Waals surface area contributed by atoms with Crippen LogP contribution in [-0.2, 0) is 47.3 Å². The Morgan fingerprint density at radius 1 is 1.03 bits per heavy atom. The topological polar surface area (TPSA) is 146 Å². The van der Waals surface area contributed by atoms with Gasteiger partial charge in [0, 0.05) is 35.5 Å². The van der Waals surface area contributed by atoms with Gasteiger partial charge in [0.15, 0.2) is 5.82 Å². The number of rotatable bonds is 13. The molecule has 1 saturated carbocycles. The van der Waals surface area contributed by atoms with Crippen molar-refractivity contribution in [2.45, 2.75) is 50.2 Å². The number of nitrogens with zero attached hydrogens (tertiary/aromatic N) is 7. The number of methoxy groups -OCH3 is 1. The molecule has 65 heavy (non-hydrogen) atoms. The number of halogens is 8. The summed E-state index contributed by atoms with van der Waals surface area (Å²) in [5.41, 5.74) is -1.90. The molecule has 0 saturated heterocycles. The number of alkyl halides is 4. The van der Waals surface area contributed by atoms with Crippen LogP contribution in [0.1, 0.15) is 58.7 Å². The van der Waals surface area contributed by atoms with Gasteiger partial charge in [-0.05, 0) is 87.9 Å². The average Bonchev–Trinajstić information content (AvgIpc) is 3.76. The second-order valence-corrected chi connectivity index (χ2v) is 19.0. The molecule has 4 aromatic carbocycles. The summed E-state index contributed by atoms with van der Waals surface area (Å²) >= 11 is 10.3. The Labute approximate surface area is 378 Å². The molecule has 2 aliphatic rings. The fourth-order valence-corrected chi connectivity index (χ4v) is 10.3. The minimum atomic E-state index is -4.09. The van der Waals surface area contributed by atoms with Gasteiger partial charge in [-0.25, -0.2) is 35.3 Å². The Kier molecular flexibility index (Phi) is 11.0. The number of ether oxygens (including phenoxy) is 1. The van der Waals surface area contributed by atoms with Gasteiger partial charge in [-0.1, -0.05) is 29.8 Å². The largest absolute Gasteiger partial charge is 0.497 e. The standard InChI is InChI=1S/C43H34BrClF6N8O5S/c1-56-37-31(12-11-28(45)35(37)41(55-56)58(65(3,62)63)18-20-7-9-24(64-2)10-8-20)59-40(53-29-6-4-5-27(44)34(29)42(59)61)30(15-21-13-22(46)16-23(47)14-21)52-32(60)19-57-38-33(36(54-57)39(48)49)25-17-26(25)43(38,50)51/h4-14,16,25-26,30,39H,15,17-19H2,1-3H3,(H,52,60)/t25-,26+,30-/m0/s1. The highest BCUT2D eigenvalue weighted by Gasteiger charge is 2.67. The minimum Gasteiger partial charge on any atom is -0.497 e. The molecular weight excluding hydrogens is 970 g/mol. The lowest BCUT2D eigenvalue weighted by Crippen LogP contribution is -2.38. The highest BCUT2D eigenvalue weighted by atomic mass is 79.9. The second-order valence-electron chi connectivity index (χ2n) is 15.9. The fourth-order valence-electron chi connectivity index (χ4n) is 8.74. The average molecular weight is 1000 g/mol. The molecule has 3 heterocycles. The SMILES string of the molecule is COc1ccc(CN(c2nn(C)c3c(-n4c([C@H](Cc5cc(F)cc(F)c5)NC(=O)Cn5nc(C(F)F)c6c5C(F)(F)[C@@H]5C[C@H]65)nc5cccc(Br)c5c4=O)ccc(Cl)c23)S(C)(=O)=O)cc1. The van der Waals surface area contributed by atoms with E-state index in [4.69, 9.17) is 21.3 Å². The predicted octanol–water partition coefficient (Wildman–Crippen LogP) is 8.38. The van der Waals surface area contributed by atoms with E-state index in [1.165, 1.54) is 37.0 Å². The number of anilines is 1. The van der Waals surface area contributed by atoms with E-state index >= 15 is 13.6 Å². The molecule has 9 rings (SSSR count). The van der Waals surface area contributed by atoms with Crippen molar-refractivity contribution < 1.29 is 44.3 Å². The number of sulfonamides is 1. The molecule has 0 radical (unpaired) electrons. The lowest BCUT2D eigenvalue weighted by molar-refractivity contribution is -0.123. The highest BCUT2D eigenvalue weighted by Crippen LogP contribution is 2.68. The first-order valence-electron chi connectivity index (χ1n) is 19.8. The van der Waals surface area contributed by atoms with E-state index < -0.39 is 87.7 Å². The van der Waals surface area contributed by atoms with Gasteiger partial charge in [0.2, 0.25) is 15.9 Å². The number of benzene rings is 4. The number of hydrogen-bond acceptors (Lipinski definition) is 8. The van der Waals surface area contributed by atoms with Crippen LogP contribution in [0, 0.1) is 17.6 Å². The first kappa shape index (κ1) is 44.3. The molecule has 1 fully saturated rings. The van der Waals surface area contributed by atoms with Crippen molar-refractivity contribution in [3.8, 4) is 11.4 Å². The van der Waals surface area contributed by atoms with E-state index in [9.17, 15) is 30.8 Å². The van der Waals surface area contributed by atoms with Crippen molar-refractivity contribution in [1.29, 1.82) is 0 Å². The summed E-state index contributed by atoms with van der Waals surface area (Å²) in [5, 5.41) is 11.2. The summed E-state index contributed by atoms with van der Waals surface area (Å²) in [6, 6.07) is 15.3. The molecule has 2 aliphatic carbocycles. The lowest BCUT2D eigenvalue weighted by atomic mass is 10.0. The number of carbonyl (C=O) groups is 1. The smallest absolute Gasteiger partial charge is 0.293 e. The number of aromatic nitrogens is 6. The maximum absolute atomic E-state index is 15.5. The molecule has 0 spiro atoms. The predicted molar refractivity (Wildman–Crippen MR) is 231 cm³/mol. The van der Waals surface area contributed by atoms with E-state index in [0.717, 1.165) is 27.3 Å². The van der Waals surface area contributed by atoms with Crippen molar-refractivity contribution in [2.75, 3.05) is 17.7 Å². The monoisotopic (exact) mass is 1000 g/mol. The number of fused-ring (bicyclic) bond motifs is 5. The van der Waals surface area contributed by atoms with Crippen LogP contribution in [0.15, 0.2) is 82.1 Å². The number of nitrogens with one attached hydrogen (secondary N) is 1. The third kappa shape index (κ3) is 7.79. The number of carbonyl (C=O) groups excluding carboxylic acids is 1. The molecule has 0 bridgehead atoms. The van der Waals surface area contributed by atoms with Crippen molar-refractivity contribution in [1.82, 2.24) is 34.4 Å². The van der Waals surface area contributed by atoms with Gasteiger partial charge in [-0.3, -0.25) is 23.5 Å². The van der Waals surface area contributed by atoms with E-state index in [-0.39, 0.29) is 68.3 Å². The van der Waals surface area contributed by atoms with Crippen LogP contribution in [0.3, 0.4) is 0 Å². The minimum absolute atomic E-state index is 0.00373. The van der Waals surface area contributed by atoms with Gasteiger partial charge in [0.1, 0.15) is 41.1 Å². The van der Waals surface area contributed by atoms with Gasteiger partial charge in [-0.2, -0.15) is 19.0 Å². The van der Waals surface area contributed by atoms with Crippen molar-refractivity contribution in [3.05, 3.63) is 138 Å². The van der Waals surface area contributed by atoms with Crippen LogP contribution >= 0.6 is 27.5 Å². The van der Waals surface area contributed by atoms with E-state index in [2.05, 4.69) is 31.4 Å². The molecule has 3 aromatic heterocycles. The number of aryl methyl sites for hydroxylation is 1. The molecule has 1 amide bonds. The van der Waals surface area contributed by atoms with Crippen molar-refractivity contribution in [3.63, 3.8) is 0 Å². The molecule has 3 atom stereocenters. The van der Waals surface area contributed by atoms with Crippen LogP contribution in [-0.4, -0.2) is 56.8 Å². The number of amides is 1. The lowest BCUT2D eigenvalue weighted by Gasteiger charge is -2.24. The zero-order valence-electron chi connectivity index (χ0n) is 34.2. The van der Waals surface area contributed by atoms with Gasteiger partial charge in [0.05, 0.1) is 58.5 Å².